The monoisotopic (exact) mass is 422 g/mol. The molecule has 164 valence electrons. The molecule has 1 amide bonds. The van der Waals surface area contributed by atoms with Crippen molar-refractivity contribution >= 4 is 22.8 Å². The van der Waals surface area contributed by atoms with Crippen molar-refractivity contribution in [2.45, 2.75) is 46.1 Å². The topological polar surface area (TPSA) is 80.4 Å². The number of para-hydroxylation sites is 1. The number of hydrogen-bond donors (Lipinski definition) is 2. The number of ether oxygens (including phenoxy) is 2. The number of hydrogen-bond acceptors (Lipinski definition) is 4. The average molecular weight is 423 g/mol. The Labute approximate surface area is 182 Å². The number of amides is 1. The molecule has 0 aliphatic rings. The Morgan fingerprint density at radius 3 is 2.65 bits per heavy atom. The second kappa shape index (κ2) is 10.2. The minimum absolute atomic E-state index is 0.174. The zero-order valence-corrected chi connectivity index (χ0v) is 18.5. The summed E-state index contributed by atoms with van der Waals surface area (Å²) in [5, 5.41) is 3.80. The molecule has 1 aromatic heterocycles. The molecule has 6 nitrogen and oxygen atoms in total. The van der Waals surface area contributed by atoms with Crippen LogP contribution in [0.25, 0.3) is 10.9 Å². The fourth-order valence-corrected chi connectivity index (χ4v) is 3.58. The lowest BCUT2D eigenvalue weighted by molar-refractivity contribution is -0.147. The summed E-state index contributed by atoms with van der Waals surface area (Å²) >= 11 is 0. The molecule has 0 aliphatic carbocycles. The smallest absolute Gasteiger partial charge is 0.328 e. The van der Waals surface area contributed by atoms with Gasteiger partial charge in [0, 0.05) is 23.5 Å². The predicted octanol–water partition coefficient (Wildman–Crippen LogP) is 4.27. The van der Waals surface area contributed by atoms with E-state index in [2.05, 4.69) is 24.1 Å². The Morgan fingerprint density at radius 2 is 1.90 bits per heavy atom. The number of benzene rings is 2. The molecule has 0 saturated heterocycles. The van der Waals surface area contributed by atoms with E-state index in [-0.39, 0.29) is 25.0 Å². The number of carbonyl (C=O) groups excluding carboxylic acids is 2. The molecule has 6 heteroatoms. The normalized spacial score (nSPS) is 12.0. The minimum Gasteiger partial charge on any atom is -0.483 e. The molecule has 0 bridgehead atoms. The van der Waals surface area contributed by atoms with Gasteiger partial charge >= 0.3 is 5.97 Å². The molecular weight excluding hydrogens is 392 g/mol. The van der Waals surface area contributed by atoms with Crippen LogP contribution in [-0.4, -0.2) is 36.1 Å². The highest BCUT2D eigenvalue weighted by atomic mass is 16.5. The first-order valence-corrected chi connectivity index (χ1v) is 10.6. The number of fused-ring (bicyclic) bond motifs is 1. The third kappa shape index (κ3) is 5.66. The van der Waals surface area contributed by atoms with Crippen LogP contribution in [0, 0.1) is 6.92 Å². The Hall–Kier alpha value is -3.28. The van der Waals surface area contributed by atoms with Gasteiger partial charge in [-0.1, -0.05) is 44.2 Å². The van der Waals surface area contributed by atoms with Gasteiger partial charge in [0.25, 0.3) is 5.91 Å². The third-order valence-electron chi connectivity index (χ3n) is 5.16. The minimum atomic E-state index is -0.794. The van der Waals surface area contributed by atoms with E-state index in [4.69, 9.17) is 9.47 Å². The molecule has 0 saturated carbocycles. The van der Waals surface area contributed by atoms with Gasteiger partial charge in [-0.2, -0.15) is 0 Å². The van der Waals surface area contributed by atoms with Gasteiger partial charge in [0.05, 0.1) is 6.61 Å². The van der Waals surface area contributed by atoms with Gasteiger partial charge in [-0.25, -0.2) is 4.79 Å². The SMILES string of the molecule is CCOC(=O)[C@H](Cc1c[nH]c2ccccc12)NC(=O)COc1cc(C)ccc1C(C)C. The summed E-state index contributed by atoms with van der Waals surface area (Å²) in [6, 6.07) is 13.0. The fourth-order valence-electron chi connectivity index (χ4n) is 3.58. The standard InChI is InChI=1S/C25H30N2O4/c1-5-30-25(29)22(13-18-14-26-21-9-7-6-8-20(18)21)27-24(28)15-31-23-12-17(4)10-11-19(23)16(2)3/h6-12,14,16,22,26H,5,13,15H2,1-4H3,(H,27,28)/t22-/m0/s1. The molecule has 0 radical (unpaired) electrons. The molecule has 2 aromatic carbocycles. The van der Waals surface area contributed by atoms with E-state index < -0.39 is 12.0 Å². The van der Waals surface area contributed by atoms with Crippen molar-refractivity contribution in [1.82, 2.24) is 10.3 Å². The summed E-state index contributed by atoms with van der Waals surface area (Å²) in [6.45, 7) is 7.96. The molecule has 0 unspecified atom stereocenters. The van der Waals surface area contributed by atoms with Crippen molar-refractivity contribution in [2.24, 2.45) is 0 Å². The van der Waals surface area contributed by atoms with Crippen LogP contribution in [-0.2, 0) is 20.7 Å². The number of aromatic amines is 1. The molecule has 0 spiro atoms. The summed E-state index contributed by atoms with van der Waals surface area (Å²) < 4.78 is 11.0. The first-order valence-electron chi connectivity index (χ1n) is 10.6. The predicted molar refractivity (Wildman–Crippen MR) is 121 cm³/mol. The number of H-pyrrole nitrogens is 1. The highest BCUT2D eigenvalue weighted by Crippen LogP contribution is 2.27. The summed E-state index contributed by atoms with van der Waals surface area (Å²) in [5.74, 6) is 0.135. The number of nitrogens with one attached hydrogen (secondary N) is 2. The van der Waals surface area contributed by atoms with E-state index in [1.807, 2.05) is 55.6 Å². The van der Waals surface area contributed by atoms with E-state index in [1.54, 1.807) is 6.92 Å². The molecule has 0 aliphatic heterocycles. The van der Waals surface area contributed by atoms with Crippen LogP contribution in [0.3, 0.4) is 0 Å². The molecular formula is C25H30N2O4. The quantitative estimate of drug-likeness (QED) is 0.505. The lowest BCUT2D eigenvalue weighted by atomic mass is 10.0. The summed E-state index contributed by atoms with van der Waals surface area (Å²) in [7, 11) is 0. The van der Waals surface area contributed by atoms with E-state index >= 15 is 0 Å². The number of aryl methyl sites for hydroxylation is 1. The zero-order valence-electron chi connectivity index (χ0n) is 18.5. The van der Waals surface area contributed by atoms with Gasteiger partial charge in [-0.05, 0) is 48.6 Å². The Kier molecular flexibility index (Phi) is 7.34. The molecule has 1 atom stereocenters. The van der Waals surface area contributed by atoms with Crippen molar-refractivity contribution in [3.63, 3.8) is 0 Å². The maximum atomic E-state index is 12.6. The largest absolute Gasteiger partial charge is 0.483 e. The Balaban J connectivity index is 1.70. The van der Waals surface area contributed by atoms with Crippen LogP contribution < -0.4 is 10.1 Å². The highest BCUT2D eigenvalue weighted by Gasteiger charge is 2.24. The van der Waals surface area contributed by atoms with Crippen LogP contribution in [0.2, 0.25) is 0 Å². The molecule has 0 fully saturated rings. The van der Waals surface area contributed by atoms with Crippen LogP contribution in [0.1, 0.15) is 43.4 Å². The summed E-state index contributed by atoms with van der Waals surface area (Å²) in [4.78, 5) is 28.4. The van der Waals surface area contributed by atoms with E-state index in [9.17, 15) is 9.59 Å². The van der Waals surface area contributed by atoms with Crippen molar-refractivity contribution in [3.05, 3.63) is 65.4 Å². The van der Waals surface area contributed by atoms with Crippen LogP contribution >= 0.6 is 0 Å². The second-order valence-corrected chi connectivity index (χ2v) is 7.92. The number of esters is 1. The zero-order chi connectivity index (χ0) is 22.4. The van der Waals surface area contributed by atoms with E-state index in [0.29, 0.717) is 12.2 Å². The van der Waals surface area contributed by atoms with Gasteiger partial charge in [0.2, 0.25) is 0 Å². The van der Waals surface area contributed by atoms with Gasteiger partial charge in [-0.15, -0.1) is 0 Å². The number of rotatable bonds is 9. The molecule has 1 heterocycles. The lowest BCUT2D eigenvalue weighted by Gasteiger charge is -2.18. The van der Waals surface area contributed by atoms with Gasteiger partial charge in [-0.3, -0.25) is 4.79 Å². The molecule has 2 N–H and O–H groups in total. The van der Waals surface area contributed by atoms with E-state index in [1.165, 1.54) is 0 Å². The first-order chi connectivity index (χ1) is 14.9. The van der Waals surface area contributed by atoms with Crippen LogP contribution in [0.5, 0.6) is 5.75 Å². The van der Waals surface area contributed by atoms with Crippen LogP contribution in [0.15, 0.2) is 48.7 Å². The van der Waals surface area contributed by atoms with Crippen molar-refractivity contribution in [3.8, 4) is 5.75 Å². The average Bonchev–Trinajstić information content (AvgIpc) is 3.14. The molecule has 3 aromatic rings. The van der Waals surface area contributed by atoms with E-state index in [0.717, 1.165) is 27.6 Å². The van der Waals surface area contributed by atoms with Gasteiger partial charge in [0.1, 0.15) is 11.8 Å². The maximum absolute atomic E-state index is 12.6. The fraction of sp³-hybridized carbons (Fsp3) is 0.360. The van der Waals surface area contributed by atoms with Gasteiger partial charge in [0.15, 0.2) is 6.61 Å². The van der Waals surface area contributed by atoms with Crippen LogP contribution in [0.4, 0.5) is 0 Å². The first kappa shape index (κ1) is 22.4. The molecule has 3 rings (SSSR count). The van der Waals surface area contributed by atoms with Crippen molar-refractivity contribution in [1.29, 1.82) is 0 Å². The van der Waals surface area contributed by atoms with Gasteiger partial charge < -0.3 is 19.8 Å². The Morgan fingerprint density at radius 1 is 1.13 bits per heavy atom. The van der Waals surface area contributed by atoms with Crippen molar-refractivity contribution < 1.29 is 19.1 Å². The third-order valence-corrected chi connectivity index (χ3v) is 5.16. The summed E-state index contributed by atoms with van der Waals surface area (Å²) in [6.07, 6.45) is 2.19. The van der Waals surface area contributed by atoms with Crippen molar-refractivity contribution in [2.75, 3.05) is 13.2 Å². The number of carbonyl (C=O) groups is 2. The number of aromatic nitrogens is 1. The highest BCUT2D eigenvalue weighted by molar-refractivity contribution is 5.87. The maximum Gasteiger partial charge on any atom is 0.328 e. The lowest BCUT2D eigenvalue weighted by Crippen LogP contribution is -2.45. The molecule has 31 heavy (non-hydrogen) atoms. The summed E-state index contributed by atoms with van der Waals surface area (Å²) in [5.41, 5.74) is 4.02. The second-order valence-electron chi connectivity index (χ2n) is 7.92. The Bertz CT molecular complexity index is 1050.